The van der Waals surface area contributed by atoms with E-state index in [2.05, 4.69) is 10.3 Å². The van der Waals surface area contributed by atoms with Gasteiger partial charge in [-0.15, -0.1) is 0 Å². The van der Waals surface area contributed by atoms with Crippen molar-refractivity contribution < 1.29 is 42.5 Å². The zero-order valence-corrected chi connectivity index (χ0v) is 24.0. The van der Waals surface area contributed by atoms with E-state index in [1.165, 1.54) is 25.6 Å². The number of carbonyl (C=O) groups excluding carboxylic acids is 2. The van der Waals surface area contributed by atoms with Gasteiger partial charge in [-0.2, -0.15) is 5.26 Å². The predicted octanol–water partition coefficient (Wildman–Crippen LogP) is 6.39. The topological polar surface area (TPSA) is 98.6 Å². The second-order valence-electron chi connectivity index (χ2n) is 10.8. The average Bonchev–Trinajstić information content (AvgIpc) is 3.36. The van der Waals surface area contributed by atoms with Crippen molar-refractivity contribution >= 4 is 27.7 Å². The molecule has 2 aromatic rings. The standard InChI is InChI=1S/C27H30F7N5O3S/c1-17-9-12-36-14-22(17)24(25(40)37-18-7-10-27(28,29)11-8-18)39(26(41)23-13-20(42-2)15-38(23)16-35)19-3-5-21(6-4-19)43(30,31,32,33)34/h3-6,9,12,14,18,20,23-24H,7-8,10-11,13,15H2,1-2H3,(H,37,40)/t20-,23-,24-/m1/s1. The van der Waals surface area contributed by atoms with Crippen LogP contribution in [-0.4, -0.2) is 59.5 Å². The van der Waals surface area contributed by atoms with Crippen LogP contribution < -0.4 is 10.2 Å². The number of rotatable bonds is 8. The van der Waals surface area contributed by atoms with Gasteiger partial charge >= 0.3 is 10.2 Å². The lowest BCUT2D eigenvalue weighted by molar-refractivity contribution is -0.129. The van der Waals surface area contributed by atoms with Gasteiger partial charge in [0.2, 0.25) is 11.8 Å². The average molecular weight is 638 g/mol. The highest BCUT2D eigenvalue weighted by Gasteiger charge is 2.65. The van der Waals surface area contributed by atoms with Gasteiger partial charge < -0.3 is 10.1 Å². The van der Waals surface area contributed by atoms with E-state index in [-0.39, 0.29) is 49.2 Å². The van der Waals surface area contributed by atoms with Crippen molar-refractivity contribution in [1.82, 2.24) is 15.2 Å². The van der Waals surface area contributed by atoms with Gasteiger partial charge in [0, 0.05) is 56.1 Å². The maximum Gasteiger partial charge on any atom is 0.310 e. The fraction of sp³-hybridized carbons (Fsp3) is 0.481. The van der Waals surface area contributed by atoms with Crippen LogP contribution in [0.5, 0.6) is 0 Å². The van der Waals surface area contributed by atoms with Gasteiger partial charge in [0.15, 0.2) is 6.19 Å². The molecular weight excluding hydrogens is 607 g/mol. The SMILES string of the molecule is CO[C@@H]1C[C@H](C(=O)N(c2ccc(S(F)(F)(F)(F)F)cc2)[C@@H](C(=O)NC2CCC(F)(F)CC2)c2cnccc2C)N(C#N)C1. The minimum absolute atomic E-state index is 0.0129. The first-order chi connectivity index (χ1) is 19.8. The third-order valence-corrected chi connectivity index (χ3v) is 8.91. The van der Waals surface area contributed by atoms with Crippen molar-refractivity contribution in [3.63, 3.8) is 0 Å². The first-order valence-electron chi connectivity index (χ1n) is 13.3. The lowest BCUT2D eigenvalue weighted by Gasteiger charge is -2.41. The molecule has 1 N–H and O–H groups in total. The summed E-state index contributed by atoms with van der Waals surface area (Å²) in [4.78, 5) is 31.9. The molecule has 1 aliphatic heterocycles. The molecule has 8 nitrogen and oxygen atoms in total. The molecule has 1 aromatic heterocycles. The number of amides is 2. The van der Waals surface area contributed by atoms with Crippen LogP contribution >= 0.6 is 10.2 Å². The van der Waals surface area contributed by atoms with Crippen molar-refractivity contribution in [1.29, 1.82) is 5.26 Å². The van der Waals surface area contributed by atoms with Gasteiger partial charge in [-0.05, 0) is 55.7 Å². The van der Waals surface area contributed by atoms with E-state index in [0.29, 0.717) is 17.7 Å². The molecule has 0 spiro atoms. The molecule has 1 aliphatic carbocycles. The van der Waals surface area contributed by atoms with Gasteiger partial charge in [-0.3, -0.25) is 24.4 Å². The van der Waals surface area contributed by atoms with Crippen molar-refractivity contribution in [3.05, 3.63) is 53.9 Å². The largest absolute Gasteiger partial charge is 0.379 e. The Balaban J connectivity index is 1.83. The molecule has 1 saturated heterocycles. The molecule has 2 heterocycles. The third kappa shape index (κ3) is 7.32. The van der Waals surface area contributed by atoms with Gasteiger partial charge in [-0.25, -0.2) is 8.78 Å². The number of methoxy groups -OCH3 is 1. The number of anilines is 1. The highest BCUT2D eigenvalue weighted by molar-refractivity contribution is 8.45. The second kappa shape index (κ2) is 10.8. The summed E-state index contributed by atoms with van der Waals surface area (Å²) in [6.45, 7) is 1.61. The van der Waals surface area contributed by atoms with E-state index in [9.17, 15) is 43.1 Å². The van der Waals surface area contributed by atoms with Crippen LogP contribution in [0.1, 0.15) is 49.3 Å². The summed E-state index contributed by atoms with van der Waals surface area (Å²) in [6, 6.07) is -0.452. The molecule has 1 saturated carbocycles. The van der Waals surface area contributed by atoms with Crippen LogP contribution in [0, 0.1) is 18.4 Å². The minimum atomic E-state index is -10.1. The highest BCUT2D eigenvalue weighted by Crippen LogP contribution is 3.02. The number of carbonyl (C=O) groups is 2. The van der Waals surface area contributed by atoms with Crippen LogP contribution in [0.15, 0.2) is 47.6 Å². The fourth-order valence-electron chi connectivity index (χ4n) is 5.37. The number of nitriles is 1. The fourth-order valence-corrected chi connectivity index (χ4v) is 6.02. The summed E-state index contributed by atoms with van der Waals surface area (Å²) >= 11 is 0. The van der Waals surface area contributed by atoms with Crippen molar-refractivity contribution in [3.8, 4) is 6.19 Å². The number of ether oxygens (including phenoxy) is 1. The molecule has 16 heteroatoms. The second-order valence-corrected chi connectivity index (χ2v) is 13.2. The van der Waals surface area contributed by atoms with Crippen molar-refractivity contribution in [2.45, 2.75) is 74.1 Å². The summed E-state index contributed by atoms with van der Waals surface area (Å²) in [6.07, 6.45) is 2.88. The highest BCUT2D eigenvalue weighted by atomic mass is 32.5. The van der Waals surface area contributed by atoms with Crippen LogP contribution in [0.3, 0.4) is 0 Å². The molecule has 2 aliphatic rings. The van der Waals surface area contributed by atoms with E-state index < -0.39 is 69.9 Å². The quantitative estimate of drug-likeness (QED) is 0.266. The van der Waals surface area contributed by atoms with Crippen LogP contribution in [-0.2, 0) is 14.3 Å². The number of alkyl halides is 2. The van der Waals surface area contributed by atoms with Gasteiger partial charge in [0.05, 0.1) is 12.6 Å². The number of aryl methyl sites for hydroxylation is 1. The molecular formula is C27H30F7N5O3S. The molecule has 0 bridgehead atoms. The van der Waals surface area contributed by atoms with Gasteiger partial charge in [-0.1, -0.05) is 19.4 Å². The number of halogens is 7. The van der Waals surface area contributed by atoms with E-state index in [0.717, 1.165) is 9.80 Å². The number of nitrogens with zero attached hydrogens (tertiary/aromatic N) is 4. The molecule has 2 amide bonds. The van der Waals surface area contributed by atoms with Crippen molar-refractivity contribution in [2.24, 2.45) is 0 Å². The molecule has 236 valence electrons. The monoisotopic (exact) mass is 637 g/mol. The summed E-state index contributed by atoms with van der Waals surface area (Å²) in [7, 11) is -8.71. The maximum atomic E-state index is 14.2. The normalized spacial score (nSPS) is 23.0. The van der Waals surface area contributed by atoms with E-state index in [1.807, 2.05) is 6.19 Å². The molecule has 0 unspecified atom stereocenters. The summed E-state index contributed by atoms with van der Waals surface area (Å²) in [5.74, 6) is -4.63. The predicted molar refractivity (Wildman–Crippen MR) is 144 cm³/mol. The minimum Gasteiger partial charge on any atom is -0.379 e. The Morgan fingerprint density at radius 3 is 2.30 bits per heavy atom. The van der Waals surface area contributed by atoms with Crippen LogP contribution in [0.2, 0.25) is 0 Å². The first-order valence-corrected chi connectivity index (χ1v) is 15.2. The third-order valence-electron chi connectivity index (χ3n) is 7.75. The number of nitrogens with one attached hydrogen (secondary N) is 1. The lowest BCUT2D eigenvalue weighted by atomic mass is 9.91. The number of likely N-dealkylation sites (tertiary alicyclic amines) is 1. The number of hydrogen-bond donors (Lipinski definition) is 1. The number of aromatic nitrogens is 1. The first kappa shape index (κ1) is 32.3. The summed E-state index contributed by atoms with van der Waals surface area (Å²) in [5.41, 5.74) is 0.258. The van der Waals surface area contributed by atoms with Crippen LogP contribution in [0.25, 0.3) is 0 Å². The molecule has 0 radical (unpaired) electrons. The molecule has 3 atom stereocenters. The Kier molecular flexibility index (Phi) is 8.16. The summed E-state index contributed by atoms with van der Waals surface area (Å²) < 4.78 is 100. The molecule has 4 rings (SSSR count). The zero-order valence-electron chi connectivity index (χ0n) is 23.2. The Morgan fingerprint density at radius 1 is 1.14 bits per heavy atom. The number of hydrogen-bond acceptors (Lipinski definition) is 6. The van der Waals surface area contributed by atoms with Crippen LogP contribution in [0.4, 0.5) is 33.9 Å². The Hall–Kier alpha value is -3.58. The zero-order chi connectivity index (χ0) is 31.9. The molecule has 1 aromatic carbocycles. The Morgan fingerprint density at radius 2 is 1.77 bits per heavy atom. The maximum absolute atomic E-state index is 14.2. The van der Waals surface area contributed by atoms with Gasteiger partial charge in [0.25, 0.3) is 5.91 Å². The van der Waals surface area contributed by atoms with Crippen molar-refractivity contribution in [2.75, 3.05) is 18.6 Å². The molecule has 43 heavy (non-hydrogen) atoms. The summed E-state index contributed by atoms with van der Waals surface area (Å²) in [5, 5.41) is 12.4. The Labute approximate surface area is 243 Å². The smallest absolute Gasteiger partial charge is 0.310 e. The number of benzene rings is 1. The van der Waals surface area contributed by atoms with E-state index >= 15 is 0 Å². The van der Waals surface area contributed by atoms with Gasteiger partial charge in [0.1, 0.15) is 17.0 Å². The van der Waals surface area contributed by atoms with E-state index in [1.54, 1.807) is 6.92 Å². The molecule has 2 fully saturated rings. The number of pyridine rings is 1. The van der Waals surface area contributed by atoms with E-state index in [4.69, 9.17) is 4.74 Å². The lowest BCUT2D eigenvalue weighted by Crippen LogP contribution is -2.52. The Bertz CT molecular complexity index is 1410.